The topological polar surface area (TPSA) is 107 Å². The zero-order valence-corrected chi connectivity index (χ0v) is 17.2. The molecule has 1 N–H and O–H groups in total. The zero-order valence-electron chi connectivity index (χ0n) is 17.2. The van der Waals surface area contributed by atoms with E-state index in [4.69, 9.17) is 0 Å². The molecule has 0 radical (unpaired) electrons. The van der Waals surface area contributed by atoms with Gasteiger partial charge in [0.2, 0.25) is 0 Å². The second kappa shape index (κ2) is 7.12. The molecule has 0 bridgehead atoms. The molecule has 4 aromatic heterocycles. The number of rotatable bonds is 5. The highest BCUT2D eigenvalue weighted by molar-refractivity contribution is 6.09. The summed E-state index contributed by atoms with van der Waals surface area (Å²) in [4.78, 5) is 32.9. The van der Waals surface area contributed by atoms with Gasteiger partial charge in [0.25, 0.3) is 5.91 Å². The van der Waals surface area contributed by atoms with Crippen LogP contribution in [0.15, 0.2) is 49.4 Å². The normalized spacial score (nSPS) is 20.4. The lowest BCUT2D eigenvalue weighted by atomic mass is 9.59. The monoisotopic (exact) mass is 415 g/mol. The molecule has 1 aliphatic rings. The predicted molar refractivity (Wildman–Crippen MR) is 113 cm³/mol. The molecule has 1 aliphatic carbocycles. The Labute approximate surface area is 178 Å². The van der Waals surface area contributed by atoms with Gasteiger partial charge in [-0.2, -0.15) is 0 Å². The van der Waals surface area contributed by atoms with E-state index in [0.717, 1.165) is 24.2 Å². The molecule has 31 heavy (non-hydrogen) atoms. The first kappa shape index (κ1) is 19.1. The number of nitrogens with one attached hydrogen (secondary N) is 1. The number of fused-ring (bicyclic) bond motifs is 1. The van der Waals surface area contributed by atoms with E-state index in [1.807, 2.05) is 23.9 Å². The van der Waals surface area contributed by atoms with E-state index in [1.165, 1.54) is 6.07 Å². The molecule has 1 saturated carbocycles. The van der Waals surface area contributed by atoms with Crippen LogP contribution in [0.3, 0.4) is 0 Å². The minimum absolute atomic E-state index is 0.272. The van der Waals surface area contributed by atoms with Gasteiger partial charge >= 0.3 is 0 Å². The van der Waals surface area contributed by atoms with Crippen LogP contribution in [0.25, 0.3) is 5.65 Å². The highest BCUT2D eigenvalue weighted by Crippen LogP contribution is 2.51. The molecule has 4 aromatic rings. The maximum atomic E-state index is 13.0. The largest absolute Gasteiger partial charge is 0.320 e. The molecule has 0 saturated heterocycles. The van der Waals surface area contributed by atoms with Crippen LogP contribution >= 0.6 is 0 Å². The van der Waals surface area contributed by atoms with E-state index in [0.29, 0.717) is 34.7 Å². The van der Waals surface area contributed by atoms with Gasteiger partial charge in [0.05, 0.1) is 22.9 Å². The molecule has 0 unspecified atom stereocenters. The number of nitrogens with zero attached hydrogens (tertiary/aromatic N) is 6. The van der Waals surface area contributed by atoms with Gasteiger partial charge in [-0.15, -0.1) is 10.2 Å². The van der Waals surface area contributed by atoms with E-state index in [9.17, 15) is 9.59 Å². The number of aldehydes is 1. The summed E-state index contributed by atoms with van der Waals surface area (Å²) >= 11 is 0. The average molecular weight is 415 g/mol. The highest BCUT2D eigenvalue weighted by Gasteiger charge is 2.48. The van der Waals surface area contributed by atoms with Crippen LogP contribution in [0, 0.1) is 5.92 Å². The summed E-state index contributed by atoms with van der Waals surface area (Å²) in [5.74, 6) is 1.11. The average Bonchev–Trinajstić information content (AvgIpc) is 3.39. The number of imidazole rings is 1. The van der Waals surface area contributed by atoms with Crippen molar-refractivity contribution in [3.8, 4) is 0 Å². The van der Waals surface area contributed by atoms with Gasteiger partial charge in [-0.3, -0.25) is 14.6 Å². The fourth-order valence-electron chi connectivity index (χ4n) is 4.65. The SMILES string of the molecule is CC1CC(c2cncc(NC(=O)c3cc(C=O)cn4ccnc34)c2)(c2nncn2C)C1. The molecule has 0 atom stereocenters. The summed E-state index contributed by atoms with van der Waals surface area (Å²) < 4.78 is 3.60. The van der Waals surface area contributed by atoms with Gasteiger partial charge in [-0.25, -0.2) is 4.98 Å². The zero-order chi connectivity index (χ0) is 21.6. The fraction of sp³-hybridized carbons (Fsp3) is 0.273. The molecule has 9 nitrogen and oxygen atoms in total. The Balaban J connectivity index is 1.49. The van der Waals surface area contributed by atoms with Crippen molar-refractivity contribution < 1.29 is 9.59 Å². The molecular formula is C22H21N7O2. The number of hydrogen-bond donors (Lipinski definition) is 1. The first-order valence-corrected chi connectivity index (χ1v) is 10.0. The second-order valence-electron chi connectivity index (χ2n) is 8.24. The number of aromatic nitrogens is 6. The van der Waals surface area contributed by atoms with Crippen LogP contribution in [-0.2, 0) is 12.5 Å². The molecule has 0 aromatic carbocycles. The van der Waals surface area contributed by atoms with Crippen LogP contribution in [0.1, 0.15) is 51.9 Å². The van der Waals surface area contributed by atoms with Crippen molar-refractivity contribution in [1.82, 2.24) is 29.1 Å². The number of pyridine rings is 2. The fourth-order valence-corrected chi connectivity index (χ4v) is 4.65. The Bertz CT molecular complexity index is 1300. The van der Waals surface area contributed by atoms with Crippen LogP contribution < -0.4 is 5.32 Å². The van der Waals surface area contributed by atoms with Gasteiger partial charge in [-0.1, -0.05) is 6.92 Å². The Kier molecular flexibility index (Phi) is 4.39. The Morgan fingerprint density at radius 1 is 1.29 bits per heavy atom. The van der Waals surface area contributed by atoms with E-state index in [-0.39, 0.29) is 11.3 Å². The molecule has 5 rings (SSSR count). The number of hydrogen-bond acceptors (Lipinski definition) is 6. The van der Waals surface area contributed by atoms with Crippen molar-refractivity contribution in [2.75, 3.05) is 5.32 Å². The van der Waals surface area contributed by atoms with Crippen molar-refractivity contribution in [3.63, 3.8) is 0 Å². The van der Waals surface area contributed by atoms with Crippen LogP contribution in [0.2, 0.25) is 0 Å². The lowest BCUT2D eigenvalue weighted by Crippen LogP contribution is -2.43. The number of carbonyl (C=O) groups excluding carboxylic acids is 2. The molecule has 1 amide bonds. The first-order chi connectivity index (χ1) is 15.0. The lowest BCUT2D eigenvalue weighted by molar-refractivity contribution is 0.102. The summed E-state index contributed by atoms with van der Waals surface area (Å²) in [7, 11) is 1.94. The summed E-state index contributed by atoms with van der Waals surface area (Å²) in [6, 6.07) is 3.48. The van der Waals surface area contributed by atoms with Crippen LogP contribution in [0.4, 0.5) is 5.69 Å². The Hall–Kier alpha value is -3.88. The molecule has 0 spiro atoms. The minimum Gasteiger partial charge on any atom is -0.320 e. The van der Waals surface area contributed by atoms with Crippen molar-refractivity contribution in [2.24, 2.45) is 13.0 Å². The Morgan fingerprint density at radius 2 is 2.13 bits per heavy atom. The standard InChI is InChI=1S/C22H21N7O2/c1-14-7-22(8-14,21-27-25-13-28(21)2)16-6-17(10-23-9-16)26-20(31)18-5-15(12-30)11-29-4-3-24-19(18)29/h3-6,9-14H,7-8H2,1-2H3,(H,26,31). The van der Waals surface area contributed by atoms with Gasteiger partial charge in [0.1, 0.15) is 17.8 Å². The summed E-state index contributed by atoms with van der Waals surface area (Å²) in [5.41, 5.74) is 2.49. The van der Waals surface area contributed by atoms with Crippen molar-refractivity contribution in [2.45, 2.75) is 25.2 Å². The molecule has 9 heteroatoms. The van der Waals surface area contributed by atoms with Crippen molar-refractivity contribution >= 4 is 23.5 Å². The summed E-state index contributed by atoms with van der Waals surface area (Å²) in [5, 5.41) is 11.3. The summed E-state index contributed by atoms with van der Waals surface area (Å²) in [6.07, 6.45) is 12.7. The Morgan fingerprint density at radius 3 is 2.84 bits per heavy atom. The maximum Gasteiger partial charge on any atom is 0.259 e. The van der Waals surface area contributed by atoms with E-state index in [2.05, 4.69) is 32.4 Å². The minimum atomic E-state index is -0.353. The van der Waals surface area contributed by atoms with Gasteiger partial charge in [0.15, 0.2) is 6.29 Å². The van der Waals surface area contributed by atoms with Crippen LogP contribution in [-0.4, -0.2) is 41.3 Å². The molecule has 1 fully saturated rings. The smallest absolute Gasteiger partial charge is 0.259 e. The lowest BCUT2D eigenvalue weighted by Gasteiger charge is -2.45. The van der Waals surface area contributed by atoms with E-state index in [1.54, 1.807) is 35.5 Å². The third kappa shape index (κ3) is 3.09. The van der Waals surface area contributed by atoms with Crippen molar-refractivity contribution in [3.05, 3.63) is 72.0 Å². The number of anilines is 1. The number of aryl methyl sites for hydroxylation is 1. The number of amides is 1. The van der Waals surface area contributed by atoms with Gasteiger partial charge in [0, 0.05) is 37.4 Å². The van der Waals surface area contributed by atoms with Gasteiger partial charge < -0.3 is 14.3 Å². The van der Waals surface area contributed by atoms with Crippen LogP contribution in [0.5, 0.6) is 0 Å². The third-order valence-electron chi connectivity index (χ3n) is 5.97. The number of carbonyl (C=O) groups is 2. The second-order valence-corrected chi connectivity index (χ2v) is 8.24. The molecule has 0 aliphatic heterocycles. The molecular weight excluding hydrogens is 394 g/mol. The van der Waals surface area contributed by atoms with Crippen molar-refractivity contribution in [1.29, 1.82) is 0 Å². The molecule has 156 valence electrons. The third-order valence-corrected chi connectivity index (χ3v) is 5.97. The van der Waals surface area contributed by atoms with E-state index < -0.39 is 0 Å². The maximum absolute atomic E-state index is 13.0. The highest BCUT2D eigenvalue weighted by atomic mass is 16.1. The van der Waals surface area contributed by atoms with Gasteiger partial charge in [-0.05, 0) is 36.5 Å². The predicted octanol–water partition coefficient (Wildman–Crippen LogP) is 2.64. The summed E-state index contributed by atoms with van der Waals surface area (Å²) in [6.45, 7) is 2.21. The molecule has 4 heterocycles. The van der Waals surface area contributed by atoms with E-state index >= 15 is 0 Å². The quantitative estimate of drug-likeness (QED) is 0.502. The first-order valence-electron chi connectivity index (χ1n) is 10.0.